The molecule has 0 bridgehead atoms. The van der Waals surface area contributed by atoms with E-state index in [-0.39, 0.29) is 5.41 Å². The van der Waals surface area contributed by atoms with E-state index in [2.05, 4.69) is 25.8 Å². The lowest BCUT2D eigenvalue weighted by molar-refractivity contribution is 0.0410. The topological polar surface area (TPSA) is 38.5 Å². The Morgan fingerprint density at radius 2 is 2.15 bits per heavy atom. The van der Waals surface area contributed by atoms with Crippen LogP contribution in [0, 0.1) is 5.41 Å². The van der Waals surface area contributed by atoms with Crippen LogP contribution in [-0.2, 0) is 4.74 Å². The Hall–Kier alpha value is -0.120. The van der Waals surface area contributed by atoms with Gasteiger partial charge >= 0.3 is 0 Å². The van der Waals surface area contributed by atoms with Crippen molar-refractivity contribution in [2.75, 3.05) is 27.3 Å². The van der Waals surface area contributed by atoms with Crippen molar-refractivity contribution in [3.63, 3.8) is 0 Å². The van der Waals surface area contributed by atoms with Crippen molar-refractivity contribution < 1.29 is 4.74 Å². The Morgan fingerprint density at radius 1 is 1.54 bits per heavy atom. The number of methoxy groups -OCH3 is 1. The highest BCUT2D eigenvalue weighted by atomic mass is 16.5. The summed E-state index contributed by atoms with van der Waals surface area (Å²) in [5.74, 6) is 0. The van der Waals surface area contributed by atoms with Crippen LogP contribution in [0.15, 0.2) is 0 Å². The lowest BCUT2D eigenvalue weighted by atomic mass is 9.82. The molecule has 0 saturated carbocycles. The van der Waals surface area contributed by atoms with Gasteiger partial charge in [0.05, 0.1) is 6.61 Å². The standard InChI is InChI=1S/C10H22N2O/c1-10(2,7-13-4)9-8(11)5-6-12(9)3/h8-9H,5-7,11H2,1-4H3. The maximum atomic E-state index is 6.09. The second-order valence-electron chi connectivity index (χ2n) is 4.80. The SMILES string of the molecule is COCC(C)(C)C1C(N)CCN1C. The molecule has 0 aromatic heterocycles. The highest BCUT2D eigenvalue weighted by Gasteiger charge is 2.40. The van der Waals surface area contributed by atoms with Crippen molar-refractivity contribution in [2.24, 2.45) is 11.1 Å². The molecule has 1 saturated heterocycles. The number of nitrogens with zero attached hydrogens (tertiary/aromatic N) is 1. The molecule has 2 unspecified atom stereocenters. The number of nitrogens with two attached hydrogens (primary N) is 1. The molecule has 0 aromatic rings. The first-order valence-electron chi connectivity index (χ1n) is 4.94. The van der Waals surface area contributed by atoms with Crippen molar-refractivity contribution in [1.82, 2.24) is 4.90 Å². The molecule has 0 radical (unpaired) electrons. The first kappa shape index (κ1) is 11.0. The molecule has 2 N–H and O–H groups in total. The molecule has 0 aromatic carbocycles. The van der Waals surface area contributed by atoms with Gasteiger partial charge in [-0.25, -0.2) is 0 Å². The fraction of sp³-hybridized carbons (Fsp3) is 1.00. The van der Waals surface area contributed by atoms with Crippen molar-refractivity contribution in [3.8, 4) is 0 Å². The number of ether oxygens (including phenoxy) is 1. The van der Waals surface area contributed by atoms with Crippen LogP contribution in [-0.4, -0.2) is 44.3 Å². The van der Waals surface area contributed by atoms with Crippen LogP contribution >= 0.6 is 0 Å². The fourth-order valence-corrected chi connectivity index (χ4v) is 2.61. The molecule has 1 heterocycles. The monoisotopic (exact) mass is 186 g/mol. The zero-order chi connectivity index (χ0) is 10.1. The minimum Gasteiger partial charge on any atom is -0.384 e. The molecule has 0 spiro atoms. The third-order valence-corrected chi connectivity index (χ3v) is 3.01. The van der Waals surface area contributed by atoms with E-state index >= 15 is 0 Å². The van der Waals surface area contributed by atoms with E-state index in [1.165, 1.54) is 0 Å². The van der Waals surface area contributed by atoms with E-state index in [0.717, 1.165) is 19.6 Å². The summed E-state index contributed by atoms with van der Waals surface area (Å²) in [7, 11) is 3.90. The predicted molar refractivity (Wildman–Crippen MR) is 54.7 cm³/mol. The average molecular weight is 186 g/mol. The molecule has 1 aliphatic heterocycles. The summed E-state index contributed by atoms with van der Waals surface area (Å²) >= 11 is 0. The molecular weight excluding hydrogens is 164 g/mol. The van der Waals surface area contributed by atoms with Gasteiger partial charge in [0.15, 0.2) is 0 Å². The van der Waals surface area contributed by atoms with Crippen LogP contribution in [0.2, 0.25) is 0 Å². The molecule has 3 nitrogen and oxygen atoms in total. The van der Waals surface area contributed by atoms with Crippen molar-refractivity contribution in [1.29, 1.82) is 0 Å². The van der Waals surface area contributed by atoms with Crippen LogP contribution < -0.4 is 5.73 Å². The molecule has 0 aliphatic carbocycles. The molecule has 2 atom stereocenters. The Bertz CT molecular complexity index is 160. The summed E-state index contributed by atoms with van der Waals surface area (Å²) in [5.41, 5.74) is 6.24. The molecule has 1 fully saturated rings. The summed E-state index contributed by atoms with van der Waals surface area (Å²) in [6.07, 6.45) is 1.11. The molecule has 3 heteroatoms. The first-order valence-corrected chi connectivity index (χ1v) is 4.94. The van der Waals surface area contributed by atoms with Gasteiger partial charge in [-0.15, -0.1) is 0 Å². The Balaban J connectivity index is 2.67. The smallest absolute Gasteiger partial charge is 0.0528 e. The summed E-state index contributed by atoms with van der Waals surface area (Å²) in [6, 6.07) is 0.752. The van der Waals surface area contributed by atoms with Gasteiger partial charge in [0.2, 0.25) is 0 Å². The molecular formula is C10H22N2O. The maximum absolute atomic E-state index is 6.09. The van der Waals surface area contributed by atoms with E-state index < -0.39 is 0 Å². The zero-order valence-electron chi connectivity index (χ0n) is 9.21. The van der Waals surface area contributed by atoms with Gasteiger partial charge in [-0.05, 0) is 20.0 Å². The van der Waals surface area contributed by atoms with E-state index in [9.17, 15) is 0 Å². The number of likely N-dealkylation sites (tertiary alicyclic amines) is 1. The lowest BCUT2D eigenvalue weighted by Crippen LogP contribution is -2.49. The van der Waals surface area contributed by atoms with Gasteiger partial charge in [0, 0.05) is 24.6 Å². The number of hydrogen-bond acceptors (Lipinski definition) is 3. The van der Waals surface area contributed by atoms with Crippen LogP contribution in [0.25, 0.3) is 0 Å². The Morgan fingerprint density at radius 3 is 2.54 bits per heavy atom. The van der Waals surface area contributed by atoms with Gasteiger partial charge in [0.1, 0.15) is 0 Å². The van der Waals surface area contributed by atoms with Crippen LogP contribution in [0.5, 0.6) is 0 Å². The quantitative estimate of drug-likeness (QED) is 0.705. The lowest BCUT2D eigenvalue weighted by Gasteiger charge is -2.37. The largest absolute Gasteiger partial charge is 0.384 e. The van der Waals surface area contributed by atoms with E-state index in [4.69, 9.17) is 10.5 Å². The Kier molecular flexibility index (Phi) is 3.33. The molecule has 78 valence electrons. The minimum absolute atomic E-state index is 0.152. The number of rotatable bonds is 3. The molecule has 1 rings (SSSR count). The van der Waals surface area contributed by atoms with Gasteiger partial charge in [0.25, 0.3) is 0 Å². The first-order chi connectivity index (χ1) is 5.99. The fourth-order valence-electron chi connectivity index (χ4n) is 2.61. The van der Waals surface area contributed by atoms with Gasteiger partial charge in [-0.3, -0.25) is 0 Å². The average Bonchev–Trinajstić information content (AvgIpc) is 2.31. The Labute approximate surface area is 81.2 Å². The summed E-state index contributed by atoms with van der Waals surface area (Å²) in [6.45, 7) is 6.33. The molecule has 13 heavy (non-hydrogen) atoms. The summed E-state index contributed by atoms with van der Waals surface area (Å²) in [4.78, 5) is 2.35. The summed E-state index contributed by atoms with van der Waals surface area (Å²) < 4.78 is 5.23. The summed E-state index contributed by atoms with van der Waals surface area (Å²) in [5, 5.41) is 0. The van der Waals surface area contributed by atoms with Crippen molar-refractivity contribution in [2.45, 2.75) is 32.4 Å². The zero-order valence-corrected chi connectivity index (χ0v) is 9.21. The predicted octanol–water partition coefficient (Wildman–Crippen LogP) is 0.690. The number of hydrogen-bond donors (Lipinski definition) is 1. The second kappa shape index (κ2) is 3.95. The second-order valence-corrected chi connectivity index (χ2v) is 4.80. The van der Waals surface area contributed by atoms with Gasteiger partial charge in [-0.2, -0.15) is 0 Å². The third kappa shape index (κ3) is 2.22. The molecule has 0 amide bonds. The molecule has 1 aliphatic rings. The van der Waals surface area contributed by atoms with Gasteiger partial charge < -0.3 is 15.4 Å². The minimum atomic E-state index is 0.152. The van der Waals surface area contributed by atoms with Crippen LogP contribution in [0.4, 0.5) is 0 Å². The number of likely N-dealkylation sites (N-methyl/N-ethyl adjacent to an activating group) is 1. The third-order valence-electron chi connectivity index (χ3n) is 3.01. The maximum Gasteiger partial charge on any atom is 0.0528 e. The van der Waals surface area contributed by atoms with Crippen molar-refractivity contribution >= 4 is 0 Å². The highest BCUT2D eigenvalue weighted by Crippen LogP contribution is 2.31. The van der Waals surface area contributed by atoms with E-state index in [0.29, 0.717) is 12.1 Å². The van der Waals surface area contributed by atoms with Crippen LogP contribution in [0.1, 0.15) is 20.3 Å². The normalized spacial score (nSPS) is 31.2. The van der Waals surface area contributed by atoms with Crippen LogP contribution in [0.3, 0.4) is 0 Å². The van der Waals surface area contributed by atoms with E-state index in [1.54, 1.807) is 7.11 Å². The van der Waals surface area contributed by atoms with E-state index in [1.807, 2.05) is 0 Å². The van der Waals surface area contributed by atoms with Gasteiger partial charge in [-0.1, -0.05) is 13.8 Å². The highest BCUT2D eigenvalue weighted by molar-refractivity contribution is 4.97. The van der Waals surface area contributed by atoms with Crippen molar-refractivity contribution in [3.05, 3.63) is 0 Å².